The number of ether oxygens (including phenoxy) is 1. The van der Waals surface area contributed by atoms with Crippen LogP contribution in [-0.2, 0) is 9.53 Å². The largest absolute Gasteiger partial charge is 0.452 e. The first-order valence-electron chi connectivity index (χ1n) is 7.39. The third-order valence-corrected chi connectivity index (χ3v) is 3.67. The van der Waals surface area contributed by atoms with Gasteiger partial charge in [0.2, 0.25) is 0 Å². The van der Waals surface area contributed by atoms with E-state index in [0.29, 0.717) is 11.6 Å². The van der Waals surface area contributed by atoms with E-state index in [1.54, 1.807) is 12.1 Å². The van der Waals surface area contributed by atoms with Crippen LogP contribution in [0.3, 0.4) is 0 Å². The van der Waals surface area contributed by atoms with Crippen molar-refractivity contribution in [2.24, 2.45) is 0 Å². The molecule has 0 aliphatic rings. The summed E-state index contributed by atoms with van der Waals surface area (Å²) in [5.41, 5.74) is 1.63. The molecule has 2 rings (SSSR count). The molecule has 0 spiro atoms. The first-order valence-corrected chi connectivity index (χ1v) is 7.76. The van der Waals surface area contributed by atoms with Crippen LogP contribution >= 0.6 is 11.6 Å². The molecular formula is C18H17ClFNO3. The van der Waals surface area contributed by atoms with Crippen molar-refractivity contribution in [1.29, 1.82) is 0 Å². The minimum atomic E-state index is -0.857. The number of amides is 1. The van der Waals surface area contributed by atoms with E-state index in [-0.39, 0.29) is 10.6 Å². The molecule has 126 valence electrons. The minimum Gasteiger partial charge on any atom is -0.452 e. The highest BCUT2D eigenvalue weighted by Crippen LogP contribution is 2.19. The number of nitrogens with one attached hydrogen (secondary N) is 1. The van der Waals surface area contributed by atoms with E-state index in [1.165, 1.54) is 6.07 Å². The van der Waals surface area contributed by atoms with Crippen molar-refractivity contribution in [3.05, 3.63) is 64.4 Å². The van der Waals surface area contributed by atoms with Crippen molar-refractivity contribution in [3.8, 4) is 0 Å². The number of esters is 1. The van der Waals surface area contributed by atoms with Gasteiger partial charge in [-0.05, 0) is 41.8 Å². The number of carbonyl (C=O) groups excluding carboxylic acids is 2. The Bertz CT molecular complexity index is 744. The summed E-state index contributed by atoms with van der Waals surface area (Å²) in [7, 11) is 0. The Kier molecular flexibility index (Phi) is 5.93. The molecular weight excluding hydrogens is 333 g/mol. The molecule has 0 bridgehead atoms. The molecule has 0 fully saturated rings. The molecule has 0 aliphatic heterocycles. The Labute approximate surface area is 144 Å². The summed E-state index contributed by atoms with van der Waals surface area (Å²) in [6.07, 6.45) is 0. The Morgan fingerprint density at radius 2 is 1.83 bits per heavy atom. The molecule has 24 heavy (non-hydrogen) atoms. The normalized spacial score (nSPS) is 10.5. The van der Waals surface area contributed by atoms with Gasteiger partial charge in [-0.15, -0.1) is 0 Å². The molecule has 2 aromatic carbocycles. The Morgan fingerprint density at radius 3 is 2.46 bits per heavy atom. The van der Waals surface area contributed by atoms with Gasteiger partial charge in [0, 0.05) is 5.69 Å². The van der Waals surface area contributed by atoms with Crippen LogP contribution in [0.5, 0.6) is 0 Å². The van der Waals surface area contributed by atoms with Gasteiger partial charge < -0.3 is 10.1 Å². The predicted octanol–water partition coefficient (Wildman–Crippen LogP) is 4.40. The van der Waals surface area contributed by atoms with Crippen molar-refractivity contribution in [2.75, 3.05) is 11.9 Å². The van der Waals surface area contributed by atoms with E-state index < -0.39 is 24.3 Å². The Balaban J connectivity index is 1.90. The van der Waals surface area contributed by atoms with Crippen molar-refractivity contribution >= 4 is 29.2 Å². The maximum Gasteiger partial charge on any atom is 0.340 e. The second-order valence-corrected chi connectivity index (χ2v) is 5.93. The summed E-state index contributed by atoms with van der Waals surface area (Å²) in [6.45, 7) is 3.66. The first kappa shape index (κ1) is 17.9. The van der Waals surface area contributed by atoms with Gasteiger partial charge in [0.05, 0.1) is 10.6 Å². The van der Waals surface area contributed by atoms with Crippen LogP contribution in [0.15, 0.2) is 42.5 Å². The number of anilines is 1. The lowest BCUT2D eigenvalue weighted by molar-refractivity contribution is -0.119. The Hall–Kier alpha value is -2.40. The van der Waals surface area contributed by atoms with Gasteiger partial charge in [0.1, 0.15) is 5.82 Å². The fraction of sp³-hybridized carbons (Fsp3) is 0.222. The lowest BCUT2D eigenvalue weighted by Crippen LogP contribution is -2.21. The smallest absolute Gasteiger partial charge is 0.340 e. The number of rotatable bonds is 5. The highest BCUT2D eigenvalue weighted by atomic mass is 35.5. The molecule has 1 N–H and O–H groups in total. The highest BCUT2D eigenvalue weighted by molar-refractivity contribution is 6.33. The van der Waals surface area contributed by atoms with Gasteiger partial charge in [-0.1, -0.05) is 37.6 Å². The third-order valence-electron chi connectivity index (χ3n) is 3.34. The molecule has 0 saturated carbocycles. The van der Waals surface area contributed by atoms with Crippen LogP contribution in [0.1, 0.15) is 35.7 Å². The molecule has 0 aromatic heterocycles. The van der Waals surface area contributed by atoms with E-state index >= 15 is 0 Å². The molecule has 0 heterocycles. The molecule has 4 nitrogen and oxygen atoms in total. The second kappa shape index (κ2) is 7.93. The van der Waals surface area contributed by atoms with Gasteiger partial charge in [0.25, 0.3) is 5.91 Å². The zero-order valence-corrected chi connectivity index (χ0v) is 14.1. The molecule has 6 heteroatoms. The van der Waals surface area contributed by atoms with Gasteiger partial charge in [0.15, 0.2) is 6.61 Å². The molecule has 2 aromatic rings. The molecule has 0 aliphatic carbocycles. The zero-order chi connectivity index (χ0) is 17.7. The SMILES string of the molecule is CC(C)c1ccc(NC(=O)COC(=O)c2cc(F)ccc2Cl)cc1. The fourth-order valence-electron chi connectivity index (χ4n) is 2.01. The minimum absolute atomic E-state index is 0.0612. The molecule has 1 amide bonds. The van der Waals surface area contributed by atoms with Crippen molar-refractivity contribution in [1.82, 2.24) is 0 Å². The second-order valence-electron chi connectivity index (χ2n) is 5.53. The van der Waals surface area contributed by atoms with E-state index in [1.807, 2.05) is 12.1 Å². The van der Waals surface area contributed by atoms with Gasteiger partial charge in [-0.3, -0.25) is 4.79 Å². The van der Waals surface area contributed by atoms with Gasteiger partial charge >= 0.3 is 5.97 Å². The predicted molar refractivity (Wildman–Crippen MR) is 90.9 cm³/mol. The number of benzene rings is 2. The van der Waals surface area contributed by atoms with Crippen molar-refractivity contribution < 1.29 is 18.7 Å². The fourth-order valence-corrected chi connectivity index (χ4v) is 2.21. The maximum atomic E-state index is 13.1. The summed E-state index contributed by atoms with van der Waals surface area (Å²) in [5.74, 6) is -1.56. The van der Waals surface area contributed by atoms with Crippen LogP contribution in [0, 0.1) is 5.82 Å². The number of halogens is 2. The van der Waals surface area contributed by atoms with Crippen molar-refractivity contribution in [3.63, 3.8) is 0 Å². The summed E-state index contributed by atoms with van der Waals surface area (Å²) >= 11 is 5.81. The quantitative estimate of drug-likeness (QED) is 0.814. The standard InChI is InChI=1S/C18H17ClFNO3/c1-11(2)12-3-6-14(7-4-12)21-17(22)10-24-18(23)15-9-13(20)5-8-16(15)19/h3-9,11H,10H2,1-2H3,(H,21,22). The summed E-state index contributed by atoms with van der Waals surface area (Å²) < 4.78 is 18.0. The topological polar surface area (TPSA) is 55.4 Å². The summed E-state index contributed by atoms with van der Waals surface area (Å²) in [6, 6.07) is 10.7. The van der Waals surface area contributed by atoms with Crippen LogP contribution < -0.4 is 5.32 Å². The van der Waals surface area contributed by atoms with Crippen LogP contribution in [-0.4, -0.2) is 18.5 Å². The molecule has 0 radical (unpaired) electrons. The maximum absolute atomic E-state index is 13.1. The molecule has 0 saturated heterocycles. The van der Waals surface area contributed by atoms with E-state index in [9.17, 15) is 14.0 Å². The highest BCUT2D eigenvalue weighted by Gasteiger charge is 2.15. The van der Waals surface area contributed by atoms with E-state index in [2.05, 4.69) is 19.2 Å². The average Bonchev–Trinajstić information content (AvgIpc) is 2.55. The monoisotopic (exact) mass is 349 g/mol. The number of hydrogen-bond acceptors (Lipinski definition) is 3. The van der Waals surface area contributed by atoms with Crippen molar-refractivity contribution in [2.45, 2.75) is 19.8 Å². The van der Waals surface area contributed by atoms with Gasteiger partial charge in [-0.25, -0.2) is 9.18 Å². The summed E-state index contributed by atoms with van der Waals surface area (Å²) in [5, 5.41) is 2.68. The molecule has 0 atom stereocenters. The number of hydrogen-bond donors (Lipinski definition) is 1. The van der Waals surface area contributed by atoms with Crippen LogP contribution in [0.2, 0.25) is 5.02 Å². The first-order chi connectivity index (χ1) is 11.4. The molecule has 0 unspecified atom stereocenters. The average molecular weight is 350 g/mol. The van der Waals surface area contributed by atoms with E-state index in [0.717, 1.165) is 17.7 Å². The lowest BCUT2D eigenvalue weighted by Gasteiger charge is -2.09. The third kappa shape index (κ3) is 4.80. The van der Waals surface area contributed by atoms with E-state index in [4.69, 9.17) is 16.3 Å². The number of carbonyl (C=O) groups is 2. The zero-order valence-electron chi connectivity index (χ0n) is 13.3. The Morgan fingerprint density at radius 1 is 1.17 bits per heavy atom. The van der Waals surface area contributed by atoms with Crippen LogP contribution in [0.4, 0.5) is 10.1 Å². The van der Waals surface area contributed by atoms with Crippen LogP contribution in [0.25, 0.3) is 0 Å². The summed E-state index contributed by atoms with van der Waals surface area (Å²) in [4.78, 5) is 23.7. The van der Waals surface area contributed by atoms with Gasteiger partial charge in [-0.2, -0.15) is 0 Å². The lowest BCUT2D eigenvalue weighted by atomic mass is 10.0.